The molecule has 0 fully saturated rings. The first kappa shape index (κ1) is 15.4. The highest BCUT2D eigenvalue weighted by Gasteiger charge is 2.28. The van der Waals surface area contributed by atoms with Crippen LogP contribution < -0.4 is 5.32 Å². The second-order valence-electron chi connectivity index (χ2n) is 5.13. The molecule has 0 aliphatic heterocycles. The van der Waals surface area contributed by atoms with Gasteiger partial charge in [0.05, 0.1) is 14.9 Å². The summed E-state index contributed by atoms with van der Waals surface area (Å²) in [6.45, 7) is 5.74. The highest BCUT2D eigenvalue weighted by molar-refractivity contribution is 14.1. The van der Waals surface area contributed by atoms with Gasteiger partial charge >= 0.3 is 5.97 Å². The van der Waals surface area contributed by atoms with E-state index in [-0.39, 0.29) is 23.8 Å². The van der Waals surface area contributed by atoms with Crippen molar-refractivity contribution in [1.82, 2.24) is 5.32 Å². The molecule has 0 bridgehead atoms. The van der Waals surface area contributed by atoms with Crippen LogP contribution in [0, 0.1) is 8.30 Å². The van der Waals surface area contributed by atoms with Crippen LogP contribution in [0.25, 0.3) is 0 Å². The number of hydrogen-bond donors (Lipinski definition) is 2. The molecule has 1 aromatic heterocycles. The van der Waals surface area contributed by atoms with E-state index in [0.717, 1.165) is 2.88 Å². The van der Waals surface area contributed by atoms with Crippen LogP contribution in [0.4, 0.5) is 0 Å². The van der Waals surface area contributed by atoms with E-state index >= 15 is 0 Å². The molecular formula is C12H16INO3S. The highest BCUT2D eigenvalue weighted by atomic mass is 127. The summed E-state index contributed by atoms with van der Waals surface area (Å²) in [5.74, 6) is -1.12. The lowest BCUT2D eigenvalue weighted by Crippen LogP contribution is -2.44. The molecule has 100 valence electrons. The van der Waals surface area contributed by atoms with Crippen molar-refractivity contribution in [2.75, 3.05) is 0 Å². The van der Waals surface area contributed by atoms with E-state index in [4.69, 9.17) is 5.11 Å². The summed E-state index contributed by atoms with van der Waals surface area (Å²) in [5.41, 5.74) is 0.293. The molecule has 0 aliphatic rings. The minimum absolute atomic E-state index is 0.0729. The molecule has 0 saturated carbocycles. The van der Waals surface area contributed by atoms with Crippen LogP contribution in [0.1, 0.15) is 37.6 Å². The number of hydrogen-bond acceptors (Lipinski definition) is 3. The van der Waals surface area contributed by atoms with Gasteiger partial charge in [-0.2, -0.15) is 0 Å². The van der Waals surface area contributed by atoms with Gasteiger partial charge in [0.25, 0.3) is 5.91 Å². The quantitative estimate of drug-likeness (QED) is 0.789. The zero-order valence-electron chi connectivity index (χ0n) is 10.5. The zero-order valence-corrected chi connectivity index (χ0v) is 13.5. The third-order valence-corrected chi connectivity index (χ3v) is 4.35. The molecule has 1 unspecified atom stereocenters. The number of carboxylic acids is 1. The Bertz CT molecular complexity index is 450. The molecular weight excluding hydrogens is 365 g/mol. The largest absolute Gasteiger partial charge is 0.481 e. The van der Waals surface area contributed by atoms with Gasteiger partial charge in [-0.15, -0.1) is 11.3 Å². The second-order valence-corrected chi connectivity index (χ2v) is 7.93. The molecule has 0 radical (unpaired) electrons. The number of thiophene rings is 1. The van der Waals surface area contributed by atoms with Crippen molar-refractivity contribution in [1.29, 1.82) is 0 Å². The lowest BCUT2D eigenvalue weighted by molar-refractivity contribution is -0.138. The molecule has 1 amide bonds. The van der Waals surface area contributed by atoms with Crippen LogP contribution in [0.3, 0.4) is 0 Å². The number of nitrogens with one attached hydrogen (secondary N) is 1. The number of carbonyl (C=O) groups excluding carboxylic acids is 1. The van der Waals surface area contributed by atoms with Gasteiger partial charge < -0.3 is 10.4 Å². The predicted molar refractivity (Wildman–Crippen MR) is 80.0 cm³/mol. The molecule has 2 N–H and O–H groups in total. The van der Waals surface area contributed by atoms with Gasteiger partial charge in [-0.3, -0.25) is 9.59 Å². The Balaban J connectivity index is 2.78. The topological polar surface area (TPSA) is 66.4 Å². The van der Waals surface area contributed by atoms with E-state index < -0.39 is 5.97 Å². The van der Waals surface area contributed by atoms with Crippen LogP contribution in [0.2, 0.25) is 0 Å². The monoisotopic (exact) mass is 381 g/mol. The molecule has 0 aromatic carbocycles. The van der Waals surface area contributed by atoms with Crippen LogP contribution >= 0.6 is 33.9 Å². The lowest BCUT2D eigenvalue weighted by Gasteiger charge is -2.30. The molecule has 0 saturated heterocycles. The van der Waals surface area contributed by atoms with Crippen LogP contribution in [0.5, 0.6) is 0 Å². The van der Waals surface area contributed by atoms with E-state index in [1.165, 1.54) is 11.3 Å². The molecule has 6 heteroatoms. The van der Waals surface area contributed by atoms with Gasteiger partial charge in [-0.1, -0.05) is 20.8 Å². The zero-order chi connectivity index (χ0) is 13.9. The van der Waals surface area contributed by atoms with Crippen molar-refractivity contribution in [2.45, 2.75) is 33.2 Å². The summed E-state index contributed by atoms with van der Waals surface area (Å²) in [6, 6.07) is 1.40. The maximum Gasteiger partial charge on any atom is 0.305 e. The number of amides is 1. The minimum Gasteiger partial charge on any atom is -0.481 e. The fraction of sp³-hybridized carbons (Fsp3) is 0.500. The van der Waals surface area contributed by atoms with Crippen molar-refractivity contribution >= 4 is 45.8 Å². The fourth-order valence-electron chi connectivity index (χ4n) is 1.42. The smallest absolute Gasteiger partial charge is 0.305 e. The van der Waals surface area contributed by atoms with Gasteiger partial charge in [0.1, 0.15) is 0 Å². The summed E-state index contributed by atoms with van der Waals surface area (Å²) in [6.07, 6.45) is -0.0729. The van der Waals surface area contributed by atoms with E-state index in [1.54, 1.807) is 11.4 Å². The number of carboxylic acid groups (broad SMARTS) is 1. The Morgan fingerprint density at radius 3 is 2.50 bits per heavy atom. The Hall–Kier alpha value is -0.630. The number of aliphatic carboxylic acids is 1. The number of carbonyl (C=O) groups is 2. The van der Waals surface area contributed by atoms with Crippen molar-refractivity contribution in [2.24, 2.45) is 5.41 Å². The van der Waals surface area contributed by atoms with Crippen molar-refractivity contribution in [3.8, 4) is 0 Å². The minimum atomic E-state index is -0.907. The molecule has 1 rings (SSSR count). The number of rotatable bonds is 4. The number of halogens is 1. The van der Waals surface area contributed by atoms with Gasteiger partial charge in [-0.05, 0) is 34.1 Å². The summed E-state index contributed by atoms with van der Waals surface area (Å²) < 4.78 is 1.03. The maximum absolute atomic E-state index is 12.0. The van der Waals surface area contributed by atoms with Gasteiger partial charge in [-0.25, -0.2) is 0 Å². The molecule has 4 nitrogen and oxygen atoms in total. The van der Waals surface area contributed by atoms with E-state index in [9.17, 15) is 9.59 Å². The Kier molecular flexibility index (Phi) is 5.15. The van der Waals surface area contributed by atoms with Crippen molar-refractivity contribution < 1.29 is 14.7 Å². The first-order valence-electron chi connectivity index (χ1n) is 5.47. The summed E-state index contributed by atoms with van der Waals surface area (Å²) in [5, 5.41) is 13.5. The van der Waals surface area contributed by atoms with Gasteiger partial charge in [0.15, 0.2) is 0 Å². The van der Waals surface area contributed by atoms with E-state index in [2.05, 4.69) is 27.9 Å². The van der Waals surface area contributed by atoms with E-state index in [1.807, 2.05) is 20.8 Å². The normalized spacial score (nSPS) is 13.1. The lowest BCUT2D eigenvalue weighted by atomic mass is 9.84. The summed E-state index contributed by atoms with van der Waals surface area (Å²) >= 11 is 3.64. The van der Waals surface area contributed by atoms with Crippen LogP contribution in [-0.4, -0.2) is 23.0 Å². The van der Waals surface area contributed by atoms with Crippen molar-refractivity contribution in [3.63, 3.8) is 0 Å². The molecule has 0 aliphatic carbocycles. The third kappa shape index (κ3) is 4.56. The molecule has 18 heavy (non-hydrogen) atoms. The highest BCUT2D eigenvalue weighted by Crippen LogP contribution is 2.23. The Morgan fingerprint density at radius 2 is 2.11 bits per heavy atom. The average Bonchev–Trinajstić information content (AvgIpc) is 2.61. The Morgan fingerprint density at radius 1 is 1.50 bits per heavy atom. The summed E-state index contributed by atoms with van der Waals surface area (Å²) in [7, 11) is 0. The van der Waals surface area contributed by atoms with Crippen LogP contribution in [0.15, 0.2) is 11.4 Å². The molecule has 1 aromatic rings. The molecule has 1 heterocycles. The van der Waals surface area contributed by atoms with E-state index in [0.29, 0.717) is 5.56 Å². The van der Waals surface area contributed by atoms with Crippen molar-refractivity contribution in [3.05, 3.63) is 19.9 Å². The average molecular weight is 381 g/mol. The standard InChI is InChI=1S/C12H16INO3S/c1-12(2,3)8(5-10(15)16)14-11(17)7-4-9(13)18-6-7/h4,6,8H,5H2,1-3H3,(H,14,17)(H,15,16). The third-order valence-electron chi connectivity index (χ3n) is 2.56. The molecule has 1 atom stereocenters. The first-order chi connectivity index (χ1) is 8.20. The SMILES string of the molecule is CC(C)(C)C(CC(=O)O)NC(=O)c1csc(I)c1. The first-order valence-corrected chi connectivity index (χ1v) is 7.42. The Labute approximate surface area is 124 Å². The van der Waals surface area contributed by atoms with Gasteiger partial charge in [0.2, 0.25) is 0 Å². The predicted octanol–water partition coefficient (Wildman–Crippen LogP) is 2.97. The second kappa shape index (κ2) is 6.01. The summed E-state index contributed by atoms with van der Waals surface area (Å²) in [4.78, 5) is 22.8. The maximum atomic E-state index is 12.0. The van der Waals surface area contributed by atoms with Crippen LogP contribution in [-0.2, 0) is 4.79 Å². The van der Waals surface area contributed by atoms with Gasteiger partial charge in [0, 0.05) is 11.4 Å². The fourth-order valence-corrected chi connectivity index (χ4v) is 2.75. The molecule has 0 spiro atoms.